The number of rotatable bonds is 9. The fourth-order valence-corrected chi connectivity index (χ4v) is 7.44. The molecular formula is C32H42N6O2. The van der Waals surface area contributed by atoms with E-state index < -0.39 is 5.97 Å². The van der Waals surface area contributed by atoms with Crippen LogP contribution in [0, 0.1) is 11.8 Å². The number of benzene rings is 2. The molecule has 1 saturated carbocycles. The molecule has 2 aliphatic heterocycles. The van der Waals surface area contributed by atoms with Gasteiger partial charge in [0.15, 0.2) is 5.82 Å². The number of tetrazole rings is 1. The number of hydrogen-bond donors (Lipinski definition) is 1. The summed E-state index contributed by atoms with van der Waals surface area (Å²) in [5.74, 6) is 1.64. The second-order valence-corrected chi connectivity index (χ2v) is 12.2. The Hall–Kier alpha value is -3.10. The van der Waals surface area contributed by atoms with Gasteiger partial charge in [-0.1, -0.05) is 79.9 Å². The lowest BCUT2D eigenvalue weighted by Crippen LogP contribution is -2.46. The second kappa shape index (κ2) is 12.6. The average Bonchev–Trinajstić information content (AvgIpc) is 3.62. The molecule has 1 aliphatic carbocycles. The van der Waals surface area contributed by atoms with E-state index in [1.807, 2.05) is 18.2 Å². The van der Waals surface area contributed by atoms with Gasteiger partial charge in [0.2, 0.25) is 0 Å². The van der Waals surface area contributed by atoms with Crippen LogP contribution in [0.1, 0.15) is 73.7 Å². The van der Waals surface area contributed by atoms with Crippen molar-refractivity contribution in [3.8, 4) is 0 Å². The smallest absolute Gasteiger partial charge is 0.321 e. The van der Waals surface area contributed by atoms with Gasteiger partial charge in [-0.3, -0.25) is 9.69 Å². The quantitative estimate of drug-likeness (QED) is 0.421. The first-order chi connectivity index (χ1) is 19.6. The molecule has 3 atom stereocenters. The Balaban J connectivity index is 1.09. The van der Waals surface area contributed by atoms with E-state index in [0.29, 0.717) is 24.3 Å². The molecule has 2 aromatic carbocycles. The number of carboxylic acid groups (broad SMARTS) is 1. The van der Waals surface area contributed by atoms with Crippen LogP contribution < -0.4 is 0 Å². The zero-order valence-corrected chi connectivity index (χ0v) is 23.4. The van der Waals surface area contributed by atoms with Gasteiger partial charge in [-0.25, -0.2) is 0 Å². The number of piperidine rings is 1. The van der Waals surface area contributed by atoms with Crippen molar-refractivity contribution >= 4 is 5.97 Å². The van der Waals surface area contributed by atoms with Crippen LogP contribution in [0.5, 0.6) is 0 Å². The maximum absolute atomic E-state index is 12.5. The summed E-state index contributed by atoms with van der Waals surface area (Å²) in [6.45, 7) is 5.38. The molecule has 0 radical (unpaired) electrons. The Bertz CT molecular complexity index is 1220. The van der Waals surface area contributed by atoms with Crippen LogP contribution in [0.3, 0.4) is 0 Å². The Morgan fingerprint density at radius 1 is 0.900 bits per heavy atom. The maximum atomic E-state index is 12.5. The monoisotopic (exact) mass is 542 g/mol. The zero-order chi connectivity index (χ0) is 27.3. The van der Waals surface area contributed by atoms with Crippen molar-refractivity contribution < 1.29 is 9.90 Å². The molecule has 3 aliphatic rings. The molecule has 8 nitrogen and oxygen atoms in total. The van der Waals surface area contributed by atoms with E-state index in [0.717, 1.165) is 77.1 Å². The summed E-state index contributed by atoms with van der Waals surface area (Å²) >= 11 is 0. The van der Waals surface area contributed by atoms with Crippen LogP contribution >= 0.6 is 0 Å². The lowest BCUT2D eigenvalue weighted by Gasteiger charge is -2.35. The van der Waals surface area contributed by atoms with Gasteiger partial charge in [0.1, 0.15) is 6.04 Å². The summed E-state index contributed by atoms with van der Waals surface area (Å²) in [4.78, 5) is 19.1. The molecule has 40 heavy (non-hydrogen) atoms. The van der Waals surface area contributed by atoms with E-state index in [9.17, 15) is 9.90 Å². The standard InChI is InChI=1S/C32H42N6O2/c39-32(40)30(26-14-8-3-9-15-26)37-22-28(29(23-37)25-12-6-2-7-13-25)21-36-18-16-27(17-19-36)31-33-35-38(34-31)20-24-10-4-1-5-11-24/h1-2,4-7,10-13,26-30H,3,8-9,14-23H2,(H,39,40). The summed E-state index contributed by atoms with van der Waals surface area (Å²) in [6.07, 6.45) is 7.73. The summed E-state index contributed by atoms with van der Waals surface area (Å²) in [7, 11) is 0. The van der Waals surface area contributed by atoms with Crippen LogP contribution in [0.25, 0.3) is 0 Å². The van der Waals surface area contributed by atoms with Crippen molar-refractivity contribution in [3.05, 3.63) is 77.6 Å². The first-order valence-electron chi connectivity index (χ1n) is 15.2. The number of carbonyl (C=O) groups is 1. The summed E-state index contributed by atoms with van der Waals surface area (Å²) in [5, 5.41) is 23.7. The molecule has 2 saturated heterocycles. The molecule has 0 amide bonds. The lowest BCUT2D eigenvalue weighted by atomic mass is 9.83. The van der Waals surface area contributed by atoms with E-state index in [2.05, 4.69) is 62.6 Å². The minimum absolute atomic E-state index is 0.278. The number of aromatic nitrogens is 4. The van der Waals surface area contributed by atoms with Crippen molar-refractivity contribution in [2.75, 3.05) is 32.7 Å². The topological polar surface area (TPSA) is 87.4 Å². The fourth-order valence-electron chi connectivity index (χ4n) is 7.44. The molecule has 3 fully saturated rings. The minimum Gasteiger partial charge on any atom is -0.480 e. The lowest BCUT2D eigenvalue weighted by molar-refractivity contribution is -0.145. The van der Waals surface area contributed by atoms with Crippen LogP contribution in [-0.2, 0) is 11.3 Å². The highest BCUT2D eigenvalue weighted by molar-refractivity contribution is 5.74. The van der Waals surface area contributed by atoms with Crippen molar-refractivity contribution in [3.63, 3.8) is 0 Å². The van der Waals surface area contributed by atoms with Crippen LogP contribution in [0.15, 0.2) is 60.7 Å². The number of aliphatic carboxylic acids is 1. The molecule has 1 aromatic heterocycles. The number of nitrogens with zero attached hydrogens (tertiary/aromatic N) is 6. The van der Waals surface area contributed by atoms with Gasteiger partial charge in [-0.05, 0) is 66.9 Å². The molecule has 3 aromatic rings. The molecule has 212 valence electrons. The van der Waals surface area contributed by atoms with Gasteiger partial charge in [-0.15, -0.1) is 10.2 Å². The fraction of sp³-hybridized carbons (Fsp3) is 0.562. The summed E-state index contributed by atoms with van der Waals surface area (Å²) < 4.78 is 0. The van der Waals surface area contributed by atoms with Crippen molar-refractivity contribution in [2.45, 2.75) is 69.4 Å². The second-order valence-electron chi connectivity index (χ2n) is 12.2. The third-order valence-electron chi connectivity index (χ3n) is 9.52. The van der Waals surface area contributed by atoms with E-state index in [1.54, 1.807) is 4.80 Å². The van der Waals surface area contributed by atoms with Gasteiger partial charge in [-0.2, -0.15) is 4.80 Å². The normalized spacial score (nSPS) is 24.3. The van der Waals surface area contributed by atoms with Gasteiger partial charge in [0, 0.05) is 31.5 Å². The third-order valence-corrected chi connectivity index (χ3v) is 9.52. The Labute approximate surface area is 237 Å². The predicted octanol–water partition coefficient (Wildman–Crippen LogP) is 4.65. The van der Waals surface area contributed by atoms with Gasteiger partial charge < -0.3 is 10.0 Å². The average molecular weight is 543 g/mol. The van der Waals surface area contributed by atoms with Crippen molar-refractivity contribution in [1.82, 2.24) is 30.0 Å². The van der Waals surface area contributed by atoms with Crippen molar-refractivity contribution in [2.24, 2.45) is 11.8 Å². The Morgan fingerprint density at radius 3 is 2.30 bits per heavy atom. The highest BCUT2D eigenvalue weighted by Crippen LogP contribution is 2.39. The Morgan fingerprint density at radius 2 is 1.60 bits per heavy atom. The first-order valence-corrected chi connectivity index (χ1v) is 15.2. The van der Waals surface area contributed by atoms with Gasteiger partial charge in [0.05, 0.1) is 6.54 Å². The minimum atomic E-state index is -0.631. The molecule has 1 N–H and O–H groups in total. The zero-order valence-electron chi connectivity index (χ0n) is 23.4. The van der Waals surface area contributed by atoms with Crippen LogP contribution in [0.4, 0.5) is 0 Å². The van der Waals surface area contributed by atoms with Gasteiger partial charge >= 0.3 is 5.97 Å². The third kappa shape index (κ3) is 6.28. The van der Waals surface area contributed by atoms with E-state index in [-0.39, 0.29) is 12.0 Å². The summed E-state index contributed by atoms with van der Waals surface area (Å²) in [5.41, 5.74) is 2.52. The van der Waals surface area contributed by atoms with Crippen molar-refractivity contribution in [1.29, 1.82) is 0 Å². The largest absolute Gasteiger partial charge is 0.480 e. The molecule has 0 spiro atoms. The molecule has 6 rings (SSSR count). The highest BCUT2D eigenvalue weighted by Gasteiger charge is 2.43. The van der Waals surface area contributed by atoms with Crippen LogP contribution in [-0.4, -0.2) is 79.8 Å². The SMILES string of the molecule is O=C(O)C(C1CCCCC1)N1CC(CN2CCC(c3nnn(Cc4ccccc4)n3)CC2)C(c2ccccc2)C1. The summed E-state index contributed by atoms with van der Waals surface area (Å²) in [6, 6.07) is 20.7. The van der Waals surface area contributed by atoms with E-state index in [1.165, 1.54) is 17.5 Å². The molecule has 0 bridgehead atoms. The van der Waals surface area contributed by atoms with E-state index in [4.69, 9.17) is 5.10 Å². The number of likely N-dealkylation sites (tertiary alicyclic amines) is 2. The molecule has 3 unspecified atom stereocenters. The van der Waals surface area contributed by atoms with Crippen LogP contribution in [0.2, 0.25) is 0 Å². The van der Waals surface area contributed by atoms with Gasteiger partial charge in [0.25, 0.3) is 0 Å². The molecule has 3 heterocycles. The number of hydrogen-bond acceptors (Lipinski definition) is 6. The number of carboxylic acids is 1. The predicted molar refractivity (Wildman–Crippen MR) is 154 cm³/mol. The molecule has 8 heteroatoms. The van der Waals surface area contributed by atoms with E-state index >= 15 is 0 Å². The molecular weight excluding hydrogens is 500 g/mol. The first kappa shape index (κ1) is 27.1. The highest BCUT2D eigenvalue weighted by atomic mass is 16.4. The maximum Gasteiger partial charge on any atom is 0.321 e. The Kier molecular flexibility index (Phi) is 8.54.